The zero-order chi connectivity index (χ0) is 20.1. The van der Waals surface area contributed by atoms with Crippen LogP contribution in [0.4, 0.5) is 9.52 Å². The molecule has 0 spiro atoms. The van der Waals surface area contributed by atoms with Gasteiger partial charge in [-0.1, -0.05) is 11.6 Å². The van der Waals surface area contributed by atoms with Gasteiger partial charge >= 0.3 is 0 Å². The van der Waals surface area contributed by atoms with E-state index in [4.69, 9.17) is 11.6 Å². The molecule has 0 aliphatic carbocycles. The van der Waals surface area contributed by atoms with Gasteiger partial charge in [-0.15, -0.1) is 11.3 Å². The highest BCUT2D eigenvalue weighted by Gasteiger charge is 2.22. The minimum atomic E-state index is -3.85. The third-order valence-corrected chi connectivity index (χ3v) is 6.98. The van der Waals surface area contributed by atoms with Crippen LogP contribution in [-0.2, 0) is 14.8 Å². The number of hydrogen-bond donors (Lipinski definition) is 2. The maximum Gasteiger partial charge on any atom is 0.240 e. The van der Waals surface area contributed by atoms with Crippen molar-refractivity contribution in [3.8, 4) is 0 Å². The number of nitrogens with zero attached hydrogens (tertiary/aromatic N) is 2. The number of anilines is 1. The maximum absolute atomic E-state index is 13.2. The van der Waals surface area contributed by atoms with E-state index >= 15 is 0 Å². The summed E-state index contributed by atoms with van der Waals surface area (Å²) >= 11 is 7.21. The molecule has 2 aromatic rings. The van der Waals surface area contributed by atoms with E-state index in [1.807, 2.05) is 5.38 Å². The summed E-state index contributed by atoms with van der Waals surface area (Å²) in [5.41, 5.74) is 0. The Labute approximate surface area is 172 Å². The van der Waals surface area contributed by atoms with E-state index in [0.29, 0.717) is 0 Å². The van der Waals surface area contributed by atoms with Gasteiger partial charge in [0.25, 0.3) is 0 Å². The minimum absolute atomic E-state index is 0.0147. The van der Waals surface area contributed by atoms with Gasteiger partial charge in [0, 0.05) is 43.7 Å². The first-order valence-electron chi connectivity index (χ1n) is 8.74. The topological polar surface area (TPSA) is 91.4 Å². The highest BCUT2D eigenvalue weighted by molar-refractivity contribution is 7.89. The summed E-state index contributed by atoms with van der Waals surface area (Å²) in [4.78, 5) is 18.4. The van der Waals surface area contributed by atoms with E-state index in [1.165, 1.54) is 0 Å². The summed E-state index contributed by atoms with van der Waals surface area (Å²) in [5, 5.41) is 5.59. The summed E-state index contributed by atoms with van der Waals surface area (Å²) in [6.45, 7) is 1.58. The molecular formula is C17H20ClFN4O3S2. The van der Waals surface area contributed by atoms with E-state index in [-0.39, 0.29) is 34.8 Å². The molecule has 3 rings (SSSR count). The van der Waals surface area contributed by atoms with Crippen LogP contribution in [0.25, 0.3) is 0 Å². The largest absolute Gasteiger partial charge is 0.353 e. The van der Waals surface area contributed by atoms with E-state index < -0.39 is 15.8 Å². The number of sulfonamides is 1. The lowest BCUT2D eigenvalue weighted by Gasteiger charge is -2.32. The van der Waals surface area contributed by atoms with Crippen LogP contribution in [0.5, 0.6) is 0 Å². The summed E-state index contributed by atoms with van der Waals surface area (Å²) in [6, 6.07) is 3.22. The molecule has 1 saturated heterocycles. The average Bonchev–Trinajstić information content (AvgIpc) is 3.19. The predicted molar refractivity (Wildman–Crippen MR) is 107 cm³/mol. The van der Waals surface area contributed by atoms with Gasteiger partial charge in [-0.3, -0.25) is 4.79 Å². The van der Waals surface area contributed by atoms with Crippen LogP contribution < -0.4 is 14.9 Å². The quantitative estimate of drug-likeness (QED) is 0.681. The Balaban J connectivity index is 1.41. The number of hydrogen-bond acceptors (Lipinski definition) is 6. The monoisotopic (exact) mass is 446 g/mol. The number of piperidine rings is 1. The molecule has 1 amide bonds. The van der Waals surface area contributed by atoms with Crippen molar-refractivity contribution in [2.75, 3.05) is 24.5 Å². The number of benzene rings is 1. The van der Waals surface area contributed by atoms with Crippen LogP contribution in [0.15, 0.2) is 34.7 Å². The van der Waals surface area contributed by atoms with E-state index in [0.717, 1.165) is 49.3 Å². The highest BCUT2D eigenvalue weighted by Crippen LogP contribution is 2.22. The van der Waals surface area contributed by atoms with Crippen molar-refractivity contribution in [2.24, 2.45) is 0 Å². The second-order valence-electron chi connectivity index (χ2n) is 6.37. The van der Waals surface area contributed by atoms with Gasteiger partial charge in [0.2, 0.25) is 15.9 Å². The zero-order valence-corrected chi connectivity index (χ0v) is 17.3. The van der Waals surface area contributed by atoms with Crippen molar-refractivity contribution in [1.29, 1.82) is 0 Å². The van der Waals surface area contributed by atoms with Gasteiger partial charge in [0.1, 0.15) is 5.82 Å². The minimum Gasteiger partial charge on any atom is -0.353 e. The molecule has 1 aromatic carbocycles. The number of aromatic nitrogens is 1. The normalized spacial score (nSPS) is 15.6. The van der Waals surface area contributed by atoms with Crippen molar-refractivity contribution in [2.45, 2.75) is 30.2 Å². The molecule has 7 nitrogen and oxygen atoms in total. The number of thiazole rings is 1. The van der Waals surface area contributed by atoms with Gasteiger partial charge in [0.05, 0.1) is 9.92 Å². The summed E-state index contributed by atoms with van der Waals surface area (Å²) in [5.74, 6) is -0.909. The van der Waals surface area contributed by atoms with Gasteiger partial charge in [-0.25, -0.2) is 22.5 Å². The molecule has 1 fully saturated rings. The number of carbonyl (C=O) groups excluding carboxylic acids is 1. The molecule has 0 bridgehead atoms. The zero-order valence-electron chi connectivity index (χ0n) is 14.9. The fraction of sp³-hybridized carbons (Fsp3) is 0.412. The molecular weight excluding hydrogens is 427 g/mol. The fourth-order valence-corrected chi connectivity index (χ4v) is 4.91. The Kier molecular flexibility index (Phi) is 6.86. The predicted octanol–water partition coefficient (Wildman–Crippen LogP) is 2.39. The van der Waals surface area contributed by atoms with Crippen LogP contribution in [0.3, 0.4) is 0 Å². The maximum atomic E-state index is 13.2. The number of amides is 1. The summed E-state index contributed by atoms with van der Waals surface area (Å²) < 4.78 is 39.9. The molecule has 0 unspecified atom stereocenters. The van der Waals surface area contributed by atoms with Crippen molar-refractivity contribution in [3.63, 3.8) is 0 Å². The Morgan fingerprint density at radius 1 is 1.36 bits per heavy atom. The van der Waals surface area contributed by atoms with Gasteiger partial charge in [0.15, 0.2) is 5.13 Å². The van der Waals surface area contributed by atoms with E-state index in [9.17, 15) is 17.6 Å². The molecule has 2 N–H and O–H groups in total. The summed E-state index contributed by atoms with van der Waals surface area (Å²) in [6.07, 6.45) is 3.41. The van der Waals surface area contributed by atoms with E-state index in [2.05, 4.69) is 19.9 Å². The lowest BCUT2D eigenvalue weighted by atomic mass is 10.1. The van der Waals surface area contributed by atoms with E-state index in [1.54, 1.807) is 17.5 Å². The molecule has 0 radical (unpaired) electrons. The van der Waals surface area contributed by atoms with Crippen molar-refractivity contribution < 1.29 is 17.6 Å². The fourth-order valence-electron chi connectivity index (χ4n) is 2.91. The Morgan fingerprint density at radius 2 is 2.11 bits per heavy atom. The number of nitrogens with one attached hydrogen (secondary N) is 2. The Bertz CT molecular complexity index is 916. The van der Waals surface area contributed by atoms with Crippen LogP contribution in [0, 0.1) is 5.82 Å². The van der Waals surface area contributed by atoms with Crippen molar-refractivity contribution in [1.82, 2.24) is 15.0 Å². The van der Waals surface area contributed by atoms with Crippen LogP contribution >= 0.6 is 22.9 Å². The van der Waals surface area contributed by atoms with Crippen molar-refractivity contribution >= 4 is 44.0 Å². The number of carbonyl (C=O) groups is 1. The lowest BCUT2D eigenvalue weighted by Crippen LogP contribution is -2.45. The second-order valence-corrected chi connectivity index (χ2v) is 9.41. The third kappa shape index (κ3) is 5.40. The highest BCUT2D eigenvalue weighted by atomic mass is 35.5. The Morgan fingerprint density at radius 3 is 2.75 bits per heavy atom. The Hall–Kier alpha value is -1.75. The SMILES string of the molecule is O=C(CCNS(=O)(=O)c1ccc(F)c(Cl)c1)NC1CCN(c2nccs2)CC1. The third-order valence-electron chi connectivity index (χ3n) is 4.40. The molecule has 2 heterocycles. The van der Waals surface area contributed by atoms with Gasteiger partial charge in [-0.05, 0) is 31.0 Å². The molecule has 1 aliphatic heterocycles. The molecule has 11 heteroatoms. The van der Waals surface area contributed by atoms with Crippen molar-refractivity contribution in [3.05, 3.63) is 40.6 Å². The molecule has 1 aliphatic rings. The number of rotatable bonds is 7. The smallest absolute Gasteiger partial charge is 0.240 e. The average molecular weight is 447 g/mol. The first kappa shape index (κ1) is 21.0. The number of halogens is 2. The molecule has 0 saturated carbocycles. The van der Waals surface area contributed by atoms with Crippen LogP contribution in [0.1, 0.15) is 19.3 Å². The molecule has 0 atom stereocenters. The standard InChI is InChI=1S/C17H20ClFN4O3S2/c18-14-11-13(1-2-15(14)19)28(25,26)21-6-3-16(24)22-12-4-8-23(9-5-12)17-20-7-10-27-17/h1-2,7,10-12,21H,3-6,8-9H2,(H,22,24). The molecule has 28 heavy (non-hydrogen) atoms. The molecule has 152 valence electrons. The first-order valence-corrected chi connectivity index (χ1v) is 11.5. The summed E-state index contributed by atoms with van der Waals surface area (Å²) in [7, 11) is -3.85. The van der Waals surface area contributed by atoms with Gasteiger partial charge < -0.3 is 10.2 Å². The first-order chi connectivity index (χ1) is 13.3. The van der Waals surface area contributed by atoms with Gasteiger partial charge in [-0.2, -0.15) is 0 Å². The second kappa shape index (κ2) is 9.17. The van der Waals surface area contributed by atoms with Crippen LogP contribution in [-0.4, -0.2) is 45.0 Å². The van der Waals surface area contributed by atoms with Crippen LogP contribution in [0.2, 0.25) is 5.02 Å². The molecule has 1 aromatic heterocycles. The lowest BCUT2D eigenvalue weighted by molar-refractivity contribution is -0.121.